The van der Waals surface area contributed by atoms with Gasteiger partial charge < -0.3 is 9.13 Å². The number of rotatable bonds is 7. The molecule has 8 heteroatoms. The molecule has 0 aliphatic heterocycles. The quantitative estimate of drug-likeness (QED) is 0.159. The van der Waals surface area contributed by atoms with Crippen molar-refractivity contribution in [3.8, 4) is 68.1 Å². The van der Waals surface area contributed by atoms with Crippen LogP contribution in [-0.4, -0.2) is 39.0 Å². The summed E-state index contributed by atoms with van der Waals surface area (Å²) in [6, 6.07) is 68.0. The molecule has 8 nitrogen and oxygen atoms in total. The number of aromatic nitrogens is 8. The summed E-state index contributed by atoms with van der Waals surface area (Å²) in [5, 5.41) is 4.58. The third kappa shape index (κ3) is 6.31. The maximum Gasteiger partial charge on any atom is 0.166 e. The fourth-order valence-electron chi connectivity index (χ4n) is 9.14. The highest BCUT2D eigenvalue weighted by Gasteiger charge is 2.22. The molecule has 0 saturated heterocycles. The summed E-state index contributed by atoms with van der Waals surface area (Å²) in [6.07, 6.45) is 0. The standard InChI is InChI=1S/C56H38N8/c1-35-57-36(2)59-55(58-35)41-28-31-51-46(34-41)44-23-13-15-25-49(44)64(51)52-30-27-40(39-26-29-50-45(32-39)43-22-12-14-24-48(43)63(50)42-20-10-5-11-21-42)33-47(52)56-61-53(37-16-6-3-7-17-37)60-54(62-56)38-18-8-4-9-19-38/h3-34H,1-2H3. The number of hydrogen-bond donors (Lipinski definition) is 0. The number of aryl methyl sites for hydroxylation is 2. The highest BCUT2D eigenvalue weighted by Crippen LogP contribution is 2.41. The van der Waals surface area contributed by atoms with Gasteiger partial charge in [0.25, 0.3) is 0 Å². The van der Waals surface area contributed by atoms with Gasteiger partial charge in [0.1, 0.15) is 11.6 Å². The average Bonchev–Trinajstić information content (AvgIpc) is 3.86. The minimum absolute atomic E-state index is 0.574. The topological polar surface area (TPSA) is 87.2 Å². The number of hydrogen-bond acceptors (Lipinski definition) is 6. The van der Waals surface area contributed by atoms with Crippen molar-refractivity contribution in [3.05, 3.63) is 206 Å². The van der Waals surface area contributed by atoms with Gasteiger partial charge in [-0.3, -0.25) is 0 Å². The van der Waals surface area contributed by atoms with E-state index < -0.39 is 0 Å². The lowest BCUT2D eigenvalue weighted by atomic mass is 9.99. The van der Waals surface area contributed by atoms with E-state index in [1.807, 2.05) is 74.5 Å². The fraction of sp³-hybridized carbons (Fsp3) is 0.0357. The molecule has 64 heavy (non-hydrogen) atoms. The van der Waals surface area contributed by atoms with Crippen LogP contribution in [0.25, 0.3) is 112 Å². The van der Waals surface area contributed by atoms with Gasteiger partial charge in [0, 0.05) is 49.5 Å². The molecule has 8 aromatic carbocycles. The van der Waals surface area contributed by atoms with Crippen LogP contribution in [0.1, 0.15) is 11.6 Å². The molecule has 0 amide bonds. The lowest BCUT2D eigenvalue weighted by molar-refractivity contribution is 0.929. The Morgan fingerprint density at radius 2 is 0.734 bits per heavy atom. The lowest BCUT2D eigenvalue weighted by Crippen LogP contribution is -2.04. The first kappa shape index (κ1) is 37.2. The van der Waals surface area contributed by atoms with Gasteiger partial charge in [-0.25, -0.2) is 29.9 Å². The second-order valence-corrected chi connectivity index (χ2v) is 16.0. The summed E-state index contributed by atoms with van der Waals surface area (Å²) in [7, 11) is 0. The fourth-order valence-corrected chi connectivity index (χ4v) is 9.14. The molecule has 0 spiro atoms. The van der Waals surface area contributed by atoms with E-state index in [9.17, 15) is 0 Å². The Morgan fingerprint density at radius 1 is 0.297 bits per heavy atom. The monoisotopic (exact) mass is 822 g/mol. The molecule has 4 aromatic heterocycles. The SMILES string of the molecule is Cc1nc(C)nc(-c2ccc3c(c2)c2ccccc2n3-c2ccc(-c3ccc4c(c3)c3ccccc3n4-c3ccccc3)cc2-c2nc(-c3ccccc3)nc(-c3ccccc3)n2)n1. The van der Waals surface area contributed by atoms with Crippen LogP contribution in [0.15, 0.2) is 194 Å². The number of para-hydroxylation sites is 3. The molecule has 0 aliphatic rings. The first-order chi connectivity index (χ1) is 31.5. The molecule has 0 saturated carbocycles. The maximum absolute atomic E-state index is 5.30. The normalized spacial score (nSPS) is 11.6. The summed E-state index contributed by atoms with van der Waals surface area (Å²) in [6.45, 7) is 3.81. The van der Waals surface area contributed by atoms with Gasteiger partial charge in [-0.15, -0.1) is 0 Å². The molecule has 0 radical (unpaired) electrons. The molecule has 12 rings (SSSR count). The second-order valence-electron chi connectivity index (χ2n) is 16.0. The lowest BCUT2D eigenvalue weighted by Gasteiger charge is -2.16. The third-order valence-electron chi connectivity index (χ3n) is 12.0. The van der Waals surface area contributed by atoms with E-state index >= 15 is 0 Å². The van der Waals surface area contributed by atoms with Crippen molar-refractivity contribution in [2.24, 2.45) is 0 Å². The van der Waals surface area contributed by atoms with Gasteiger partial charge in [0.2, 0.25) is 0 Å². The predicted octanol–water partition coefficient (Wildman–Crippen LogP) is 13.2. The summed E-state index contributed by atoms with van der Waals surface area (Å²) in [5.74, 6) is 3.82. The largest absolute Gasteiger partial charge is 0.309 e. The Balaban J connectivity index is 1.12. The van der Waals surface area contributed by atoms with Crippen LogP contribution >= 0.6 is 0 Å². The van der Waals surface area contributed by atoms with E-state index in [-0.39, 0.29) is 0 Å². The molecule has 0 aliphatic carbocycles. The minimum Gasteiger partial charge on any atom is -0.309 e. The van der Waals surface area contributed by atoms with Gasteiger partial charge in [-0.05, 0) is 91.7 Å². The summed E-state index contributed by atoms with van der Waals surface area (Å²) < 4.78 is 4.68. The van der Waals surface area contributed by atoms with Crippen molar-refractivity contribution >= 4 is 43.6 Å². The van der Waals surface area contributed by atoms with E-state index in [2.05, 4.69) is 148 Å². The van der Waals surface area contributed by atoms with Crippen molar-refractivity contribution in [2.45, 2.75) is 13.8 Å². The third-order valence-corrected chi connectivity index (χ3v) is 12.0. The Labute approximate surface area is 368 Å². The highest BCUT2D eigenvalue weighted by atomic mass is 15.1. The smallest absolute Gasteiger partial charge is 0.166 e. The predicted molar refractivity (Wildman–Crippen MR) is 259 cm³/mol. The molecule has 0 bridgehead atoms. The molecular weight excluding hydrogens is 785 g/mol. The highest BCUT2D eigenvalue weighted by molar-refractivity contribution is 6.12. The van der Waals surface area contributed by atoms with Crippen LogP contribution in [-0.2, 0) is 0 Å². The zero-order chi connectivity index (χ0) is 42.7. The minimum atomic E-state index is 0.574. The van der Waals surface area contributed by atoms with Gasteiger partial charge in [0.15, 0.2) is 23.3 Å². The van der Waals surface area contributed by atoms with E-state index in [4.69, 9.17) is 24.9 Å². The van der Waals surface area contributed by atoms with Crippen LogP contribution in [0.4, 0.5) is 0 Å². The van der Waals surface area contributed by atoms with Crippen molar-refractivity contribution in [3.63, 3.8) is 0 Å². The Bertz CT molecular complexity index is 3670. The maximum atomic E-state index is 5.30. The number of nitrogens with zero attached hydrogens (tertiary/aromatic N) is 8. The molecule has 12 aromatic rings. The number of benzene rings is 8. The van der Waals surface area contributed by atoms with Crippen molar-refractivity contribution in [1.82, 2.24) is 39.0 Å². The molecule has 302 valence electrons. The van der Waals surface area contributed by atoms with E-state index in [1.165, 1.54) is 16.3 Å². The first-order valence-electron chi connectivity index (χ1n) is 21.4. The first-order valence-corrected chi connectivity index (χ1v) is 21.4. The van der Waals surface area contributed by atoms with Crippen LogP contribution in [0.5, 0.6) is 0 Å². The van der Waals surface area contributed by atoms with Crippen LogP contribution in [0.3, 0.4) is 0 Å². The molecule has 0 unspecified atom stereocenters. The number of fused-ring (bicyclic) bond motifs is 6. The van der Waals surface area contributed by atoms with Gasteiger partial charge in [0.05, 0.1) is 27.8 Å². The van der Waals surface area contributed by atoms with Crippen molar-refractivity contribution in [2.75, 3.05) is 0 Å². The van der Waals surface area contributed by atoms with Gasteiger partial charge in [-0.2, -0.15) is 0 Å². The van der Waals surface area contributed by atoms with E-state index in [1.54, 1.807) is 0 Å². The second kappa shape index (κ2) is 15.1. The van der Waals surface area contributed by atoms with E-state index in [0.717, 1.165) is 72.1 Å². The van der Waals surface area contributed by atoms with Crippen LogP contribution in [0.2, 0.25) is 0 Å². The Kier molecular flexibility index (Phi) is 8.76. The van der Waals surface area contributed by atoms with Gasteiger partial charge >= 0.3 is 0 Å². The summed E-state index contributed by atoms with van der Waals surface area (Å²) >= 11 is 0. The van der Waals surface area contributed by atoms with Crippen molar-refractivity contribution < 1.29 is 0 Å². The van der Waals surface area contributed by atoms with Crippen LogP contribution in [0, 0.1) is 13.8 Å². The summed E-state index contributed by atoms with van der Waals surface area (Å²) in [4.78, 5) is 29.5. The van der Waals surface area contributed by atoms with Crippen molar-refractivity contribution in [1.29, 1.82) is 0 Å². The molecule has 4 heterocycles. The molecular formula is C56H38N8. The zero-order valence-corrected chi connectivity index (χ0v) is 35.1. The molecule has 0 N–H and O–H groups in total. The van der Waals surface area contributed by atoms with Crippen LogP contribution < -0.4 is 0 Å². The Hall–Kier alpha value is -8.62. The average molecular weight is 823 g/mol. The molecule has 0 atom stereocenters. The Morgan fingerprint density at radius 3 is 1.36 bits per heavy atom. The van der Waals surface area contributed by atoms with Gasteiger partial charge in [-0.1, -0.05) is 127 Å². The zero-order valence-electron chi connectivity index (χ0n) is 35.1. The molecule has 0 fully saturated rings. The van der Waals surface area contributed by atoms with E-state index in [0.29, 0.717) is 34.9 Å². The summed E-state index contributed by atoms with van der Waals surface area (Å²) in [5.41, 5.74) is 12.2.